The zero-order valence-electron chi connectivity index (χ0n) is 9.18. The highest BCUT2D eigenvalue weighted by Gasteiger charge is 2.15. The zero-order chi connectivity index (χ0) is 12.4. The molecule has 2 aromatic rings. The fourth-order valence-electron chi connectivity index (χ4n) is 1.57. The summed E-state index contributed by atoms with van der Waals surface area (Å²) in [4.78, 5) is 0. The van der Waals surface area contributed by atoms with Crippen LogP contribution in [0.5, 0.6) is 11.5 Å². The predicted octanol–water partition coefficient (Wildman–Crippen LogP) is 3.16. The Hall–Kier alpha value is -1.23. The van der Waals surface area contributed by atoms with Gasteiger partial charge >= 0.3 is 0 Å². The van der Waals surface area contributed by atoms with Gasteiger partial charge in [0.2, 0.25) is 0 Å². The smallest absolute Gasteiger partial charge is 0.176 e. The summed E-state index contributed by atoms with van der Waals surface area (Å²) in [5.74, 6) is 0.272. The second-order valence-corrected chi connectivity index (χ2v) is 4.78. The van der Waals surface area contributed by atoms with Crippen LogP contribution in [0.4, 0.5) is 0 Å². The molecule has 0 radical (unpaired) electrons. The minimum atomic E-state index is -0.270. The van der Waals surface area contributed by atoms with Crippen LogP contribution < -0.4 is 10.5 Å². The first-order chi connectivity index (χ1) is 8.13. The molecule has 0 aliphatic carbocycles. The Kier molecular flexibility index (Phi) is 3.57. The van der Waals surface area contributed by atoms with Crippen LogP contribution in [0.1, 0.15) is 17.2 Å². The third-order valence-electron chi connectivity index (χ3n) is 2.53. The van der Waals surface area contributed by atoms with Gasteiger partial charge in [-0.3, -0.25) is 0 Å². The lowest BCUT2D eigenvalue weighted by molar-refractivity contribution is 0.373. The van der Waals surface area contributed by atoms with Crippen molar-refractivity contribution < 1.29 is 9.84 Å². The van der Waals surface area contributed by atoms with E-state index in [9.17, 15) is 5.11 Å². The number of hydrogen-bond acceptors (Lipinski definition) is 4. The normalized spacial score (nSPS) is 12.4. The predicted molar refractivity (Wildman–Crippen MR) is 70.0 cm³/mol. The Morgan fingerprint density at radius 2 is 2.18 bits per heavy atom. The molecular formula is C12H12ClNO2S. The van der Waals surface area contributed by atoms with E-state index in [-0.39, 0.29) is 16.8 Å². The number of methoxy groups -OCH3 is 1. The van der Waals surface area contributed by atoms with Crippen LogP contribution in [-0.2, 0) is 0 Å². The molecule has 0 saturated heterocycles. The van der Waals surface area contributed by atoms with Crippen molar-refractivity contribution >= 4 is 22.9 Å². The topological polar surface area (TPSA) is 55.5 Å². The maximum atomic E-state index is 9.64. The number of aromatic hydroxyl groups is 1. The first-order valence-corrected chi connectivity index (χ1v) is 6.29. The molecule has 1 atom stereocenters. The first kappa shape index (κ1) is 12.2. The van der Waals surface area contributed by atoms with Crippen molar-refractivity contribution in [2.75, 3.05) is 7.11 Å². The van der Waals surface area contributed by atoms with Gasteiger partial charge in [-0.25, -0.2) is 0 Å². The molecule has 3 N–H and O–H groups in total. The van der Waals surface area contributed by atoms with Crippen molar-refractivity contribution in [1.29, 1.82) is 0 Å². The van der Waals surface area contributed by atoms with Crippen molar-refractivity contribution in [2.45, 2.75) is 6.04 Å². The van der Waals surface area contributed by atoms with Gasteiger partial charge in [-0.1, -0.05) is 11.6 Å². The van der Waals surface area contributed by atoms with Crippen molar-refractivity contribution in [2.24, 2.45) is 5.73 Å². The number of ether oxygens (including phenoxy) is 1. The van der Waals surface area contributed by atoms with Crippen LogP contribution in [0.15, 0.2) is 29.0 Å². The van der Waals surface area contributed by atoms with Gasteiger partial charge in [0.1, 0.15) is 0 Å². The molecule has 0 unspecified atom stereocenters. The monoisotopic (exact) mass is 269 g/mol. The Bertz CT molecular complexity index is 513. The molecule has 0 aliphatic rings. The van der Waals surface area contributed by atoms with Crippen LogP contribution in [0, 0.1) is 0 Å². The van der Waals surface area contributed by atoms with Crippen molar-refractivity contribution in [3.63, 3.8) is 0 Å². The molecular weight excluding hydrogens is 258 g/mol. The van der Waals surface area contributed by atoms with Crippen LogP contribution in [0.3, 0.4) is 0 Å². The van der Waals surface area contributed by atoms with Gasteiger partial charge in [-0.05, 0) is 40.1 Å². The van der Waals surface area contributed by atoms with E-state index in [1.807, 2.05) is 16.8 Å². The third kappa shape index (κ3) is 2.39. The molecule has 0 bridgehead atoms. The molecule has 1 aromatic heterocycles. The molecule has 0 amide bonds. The SMILES string of the molecule is COc1cc([C@@H](N)c2ccsc2)cc(Cl)c1O. The summed E-state index contributed by atoms with van der Waals surface area (Å²) in [5, 5.41) is 13.8. The van der Waals surface area contributed by atoms with Crippen LogP contribution >= 0.6 is 22.9 Å². The summed E-state index contributed by atoms with van der Waals surface area (Å²) in [6.45, 7) is 0. The number of halogens is 1. The lowest BCUT2D eigenvalue weighted by Gasteiger charge is -2.13. The van der Waals surface area contributed by atoms with E-state index >= 15 is 0 Å². The Morgan fingerprint density at radius 1 is 1.41 bits per heavy atom. The minimum Gasteiger partial charge on any atom is -0.503 e. The average Bonchev–Trinajstić information content (AvgIpc) is 2.85. The van der Waals surface area contributed by atoms with Gasteiger partial charge in [-0.2, -0.15) is 11.3 Å². The Morgan fingerprint density at radius 3 is 2.76 bits per heavy atom. The number of phenols is 1. The van der Waals surface area contributed by atoms with E-state index in [4.69, 9.17) is 22.1 Å². The molecule has 5 heteroatoms. The van der Waals surface area contributed by atoms with E-state index in [2.05, 4.69) is 0 Å². The maximum absolute atomic E-state index is 9.64. The minimum absolute atomic E-state index is 0.0598. The molecule has 2 rings (SSSR count). The quantitative estimate of drug-likeness (QED) is 0.900. The van der Waals surface area contributed by atoms with Crippen LogP contribution in [0.25, 0.3) is 0 Å². The lowest BCUT2D eigenvalue weighted by atomic mass is 10.0. The lowest BCUT2D eigenvalue weighted by Crippen LogP contribution is -2.11. The summed E-state index contributed by atoms with van der Waals surface area (Å²) in [5.41, 5.74) is 7.94. The van der Waals surface area contributed by atoms with Gasteiger partial charge in [0.15, 0.2) is 11.5 Å². The second kappa shape index (κ2) is 4.96. The highest BCUT2D eigenvalue weighted by molar-refractivity contribution is 7.08. The first-order valence-electron chi connectivity index (χ1n) is 4.97. The highest BCUT2D eigenvalue weighted by atomic mass is 35.5. The molecule has 90 valence electrons. The van der Waals surface area contributed by atoms with Crippen molar-refractivity contribution in [3.05, 3.63) is 45.1 Å². The van der Waals surface area contributed by atoms with Gasteiger partial charge in [0.25, 0.3) is 0 Å². The summed E-state index contributed by atoms with van der Waals surface area (Å²) in [7, 11) is 1.48. The third-order valence-corrected chi connectivity index (χ3v) is 3.52. The number of nitrogens with two attached hydrogens (primary N) is 1. The number of thiophene rings is 1. The summed E-state index contributed by atoms with van der Waals surface area (Å²) >= 11 is 7.51. The summed E-state index contributed by atoms with van der Waals surface area (Å²) < 4.78 is 5.05. The van der Waals surface area contributed by atoms with Crippen molar-refractivity contribution in [1.82, 2.24) is 0 Å². The van der Waals surface area contributed by atoms with E-state index in [1.165, 1.54) is 7.11 Å². The Labute approximate surface area is 108 Å². The average molecular weight is 270 g/mol. The number of rotatable bonds is 3. The van der Waals surface area contributed by atoms with E-state index in [0.717, 1.165) is 11.1 Å². The standard InChI is InChI=1S/C12H12ClNO2S/c1-16-10-5-8(4-9(13)12(10)15)11(14)7-2-3-17-6-7/h2-6,11,15H,14H2,1H3/t11-/m0/s1. The summed E-state index contributed by atoms with van der Waals surface area (Å²) in [6, 6.07) is 5.04. The van der Waals surface area contributed by atoms with E-state index in [1.54, 1.807) is 23.5 Å². The molecule has 3 nitrogen and oxygen atoms in total. The molecule has 0 aliphatic heterocycles. The van der Waals surface area contributed by atoms with Gasteiger partial charge in [-0.15, -0.1) is 0 Å². The number of benzene rings is 1. The molecule has 0 spiro atoms. The van der Waals surface area contributed by atoms with Gasteiger partial charge < -0.3 is 15.6 Å². The Balaban J connectivity index is 2.43. The van der Waals surface area contributed by atoms with Crippen LogP contribution in [0.2, 0.25) is 5.02 Å². The van der Waals surface area contributed by atoms with Crippen molar-refractivity contribution in [3.8, 4) is 11.5 Å². The highest BCUT2D eigenvalue weighted by Crippen LogP contribution is 2.37. The second-order valence-electron chi connectivity index (χ2n) is 3.59. The molecule has 17 heavy (non-hydrogen) atoms. The van der Waals surface area contributed by atoms with E-state index in [0.29, 0.717) is 5.75 Å². The zero-order valence-corrected chi connectivity index (χ0v) is 10.8. The fourth-order valence-corrected chi connectivity index (χ4v) is 2.49. The fraction of sp³-hybridized carbons (Fsp3) is 0.167. The van der Waals surface area contributed by atoms with Gasteiger partial charge in [0.05, 0.1) is 18.2 Å². The number of phenolic OH excluding ortho intramolecular Hbond substituents is 1. The summed E-state index contributed by atoms with van der Waals surface area (Å²) in [6.07, 6.45) is 0. The molecule has 0 saturated carbocycles. The van der Waals surface area contributed by atoms with E-state index < -0.39 is 0 Å². The largest absolute Gasteiger partial charge is 0.503 e. The molecule has 0 fully saturated rings. The van der Waals surface area contributed by atoms with Gasteiger partial charge in [0, 0.05) is 0 Å². The molecule has 1 heterocycles. The van der Waals surface area contributed by atoms with Crippen LogP contribution in [-0.4, -0.2) is 12.2 Å². The number of hydrogen-bond donors (Lipinski definition) is 2. The molecule has 1 aromatic carbocycles. The maximum Gasteiger partial charge on any atom is 0.176 e.